The molecule has 10 heavy (non-hydrogen) atoms. The van der Waals surface area contributed by atoms with Gasteiger partial charge in [0.1, 0.15) is 5.92 Å². The van der Waals surface area contributed by atoms with Gasteiger partial charge in [-0.25, -0.2) is 8.78 Å². The van der Waals surface area contributed by atoms with Crippen molar-refractivity contribution in [2.45, 2.75) is 6.43 Å². The summed E-state index contributed by atoms with van der Waals surface area (Å²) in [6.07, 6.45) is -2.86. The van der Waals surface area contributed by atoms with Gasteiger partial charge in [0.05, 0.1) is 13.7 Å². The second kappa shape index (κ2) is 4.16. The van der Waals surface area contributed by atoms with Gasteiger partial charge in [0.15, 0.2) is 0 Å². The molecule has 0 saturated heterocycles. The van der Waals surface area contributed by atoms with Crippen molar-refractivity contribution in [3.63, 3.8) is 0 Å². The molecule has 5 heteroatoms. The molecule has 60 valence electrons. The van der Waals surface area contributed by atoms with Crippen LogP contribution in [0.25, 0.3) is 0 Å². The molecule has 0 aromatic rings. The van der Waals surface area contributed by atoms with Crippen LogP contribution in [0, 0.1) is 5.92 Å². The molecule has 0 aliphatic carbocycles. The van der Waals surface area contributed by atoms with E-state index in [4.69, 9.17) is 5.11 Å². The summed E-state index contributed by atoms with van der Waals surface area (Å²) in [6, 6.07) is 0. The molecule has 0 amide bonds. The van der Waals surface area contributed by atoms with E-state index in [1.807, 2.05) is 0 Å². The number of alkyl halides is 2. The Balaban J connectivity index is 3.93. The largest absolute Gasteiger partial charge is 0.469 e. The third kappa shape index (κ3) is 2.26. The lowest BCUT2D eigenvalue weighted by Crippen LogP contribution is -2.26. The van der Waals surface area contributed by atoms with Crippen molar-refractivity contribution >= 4 is 5.97 Å². The van der Waals surface area contributed by atoms with E-state index in [0.717, 1.165) is 7.11 Å². The van der Waals surface area contributed by atoms with Gasteiger partial charge in [-0.2, -0.15) is 0 Å². The van der Waals surface area contributed by atoms with Crippen LogP contribution in [0.15, 0.2) is 0 Å². The van der Waals surface area contributed by atoms with Gasteiger partial charge in [0, 0.05) is 0 Å². The lowest BCUT2D eigenvalue weighted by molar-refractivity contribution is -0.152. The van der Waals surface area contributed by atoms with Gasteiger partial charge in [-0.15, -0.1) is 0 Å². The van der Waals surface area contributed by atoms with Crippen molar-refractivity contribution in [2.24, 2.45) is 5.92 Å². The minimum absolute atomic E-state index is 0.885. The van der Waals surface area contributed by atoms with Crippen molar-refractivity contribution in [3.8, 4) is 0 Å². The first kappa shape index (κ1) is 9.29. The van der Waals surface area contributed by atoms with E-state index in [0.29, 0.717) is 0 Å². The van der Waals surface area contributed by atoms with Gasteiger partial charge in [-0.05, 0) is 0 Å². The second-order valence-electron chi connectivity index (χ2n) is 1.65. The summed E-state index contributed by atoms with van der Waals surface area (Å²) in [6.45, 7) is -0.885. The number of carbonyl (C=O) groups excluding carboxylic acids is 1. The van der Waals surface area contributed by atoms with Crippen LogP contribution >= 0.6 is 0 Å². The first-order valence-corrected chi connectivity index (χ1v) is 2.60. The van der Waals surface area contributed by atoms with Crippen molar-refractivity contribution < 1.29 is 23.4 Å². The topological polar surface area (TPSA) is 46.5 Å². The number of esters is 1. The smallest absolute Gasteiger partial charge is 0.316 e. The van der Waals surface area contributed by atoms with E-state index >= 15 is 0 Å². The Morgan fingerprint density at radius 1 is 1.70 bits per heavy atom. The average Bonchev–Trinajstić information content (AvgIpc) is 1.88. The van der Waals surface area contributed by atoms with Gasteiger partial charge in [0.25, 0.3) is 6.43 Å². The van der Waals surface area contributed by atoms with E-state index in [-0.39, 0.29) is 0 Å². The summed E-state index contributed by atoms with van der Waals surface area (Å²) in [5.41, 5.74) is 0. The fourth-order valence-electron chi connectivity index (χ4n) is 0.408. The predicted molar refractivity (Wildman–Crippen MR) is 28.6 cm³/mol. The summed E-state index contributed by atoms with van der Waals surface area (Å²) in [5, 5.41) is 8.22. The Hall–Kier alpha value is -0.710. The Labute approximate surface area is 56.6 Å². The standard InChI is InChI=1S/C5H8F2O3/c1-10-5(9)3(2-8)4(6)7/h3-4,8H,2H2,1H3. The van der Waals surface area contributed by atoms with Crippen LogP contribution in [-0.2, 0) is 9.53 Å². The maximum atomic E-state index is 11.7. The van der Waals surface area contributed by atoms with Gasteiger partial charge in [0.2, 0.25) is 0 Å². The monoisotopic (exact) mass is 154 g/mol. The number of halogens is 2. The third-order valence-electron chi connectivity index (χ3n) is 1.00. The molecule has 0 fully saturated rings. The number of ether oxygens (including phenoxy) is 1. The van der Waals surface area contributed by atoms with Gasteiger partial charge in [-0.3, -0.25) is 4.79 Å². The summed E-state index contributed by atoms with van der Waals surface area (Å²) in [7, 11) is 0.993. The molecule has 1 atom stereocenters. The Morgan fingerprint density at radius 3 is 2.30 bits per heavy atom. The summed E-state index contributed by atoms with van der Waals surface area (Å²) >= 11 is 0. The SMILES string of the molecule is COC(=O)C(CO)C(F)F. The number of hydrogen-bond donors (Lipinski definition) is 1. The molecule has 0 radical (unpaired) electrons. The van der Waals surface area contributed by atoms with Crippen LogP contribution in [0.3, 0.4) is 0 Å². The molecule has 1 N–H and O–H groups in total. The minimum Gasteiger partial charge on any atom is -0.469 e. The molecule has 0 rings (SSSR count). The number of carbonyl (C=O) groups is 1. The highest BCUT2D eigenvalue weighted by Crippen LogP contribution is 2.09. The molecule has 0 saturated carbocycles. The quantitative estimate of drug-likeness (QED) is 0.583. The molecule has 0 aliphatic heterocycles. The zero-order valence-corrected chi connectivity index (χ0v) is 5.38. The van der Waals surface area contributed by atoms with Crippen molar-refractivity contribution in [1.82, 2.24) is 0 Å². The molecule has 0 aromatic heterocycles. The van der Waals surface area contributed by atoms with Crippen LogP contribution in [0.5, 0.6) is 0 Å². The highest BCUT2D eigenvalue weighted by molar-refractivity contribution is 5.72. The van der Waals surface area contributed by atoms with Gasteiger partial charge >= 0.3 is 5.97 Å². The van der Waals surface area contributed by atoms with E-state index in [1.165, 1.54) is 0 Å². The third-order valence-corrected chi connectivity index (χ3v) is 1.00. The van der Waals surface area contributed by atoms with Gasteiger partial charge in [-0.1, -0.05) is 0 Å². The van der Waals surface area contributed by atoms with E-state index < -0.39 is 24.9 Å². The Bertz CT molecular complexity index is 115. The molecular formula is C5H8F2O3. The van der Waals surface area contributed by atoms with Crippen molar-refractivity contribution in [2.75, 3.05) is 13.7 Å². The first-order valence-electron chi connectivity index (χ1n) is 2.60. The lowest BCUT2D eigenvalue weighted by Gasteiger charge is -2.08. The Morgan fingerprint density at radius 2 is 2.20 bits per heavy atom. The maximum Gasteiger partial charge on any atom is 0.316 e. The number of rotatable bonds is 3. The molecule has 0 bridgehead atoms. The second-order valence-corrected chi connectivity index (χ2v) is 1.65. The predicted octanol–water partition coefficient (Wildman–Crippen LogP) is 0.0330. The molecule has 3 nitrogen and oxygen atoms in total. The molecule has 0 heterocycles. The molecule has 0 aliphatic rings. The lowest BCUT2D eigenvalue weighted by atomic mass is 10.2. The van der Waals surface area contributed by atoms with Crippen molar-refractivity contribution in [3.05, 3.63) is 0 Å². The van der Waals surface area contributed by atoms with E-state index in [9.17, 15) is 13.6 Å². The van der Waals surface area contributed by atoms with Crippen LogP contribution in [-0.4, -0.2) is 31.2 Å². The summed E-state index contributed by atoms with van der Waals surface area (Å²) < 4.78 is 27.3. The van der Waals surface area contributed by atoms with Crippen LogP contribution in [0.1, 0.15) is 0 Å². The Kier molecular flexibility index (Phi) is 3.87. The van der Waals surface area contributed by atoms with Gasteiger partial charge < -0.3 is 9.84 Å². The summed E-state index contributed by atoms with van der Waals surface area (Å²) in [4.78, 5) is 10.3. The fourth-order valence-corrected chi connectivity index (χ4v) is 0.408. The fraction of sp³-hybridized carbons (Fsp3) is 0.800. The van der Waals surface area contributed by atoms with Crippen molar-refractivity contribution in [1.29, 1.82) is 0 Å². The van der Waals surface area contributed by atoms with Crippen LogP contribution in [0.2, 0.25) is 0 Å². The number of aliphatic hydroxyl groups is 1. The number of hydrogen-bond acceptors (Lipinski definition) is 3. The maximum absolute atomic E-state index is 11.7. The van der Waals surface area contributed by atoms with E-state index in [1.54, 1.807) is 0 Å². The number of methoxy groups -OCH3 is 1. The van der Waals surface area contributed by atoms with E-state index in [2.05, 4.69) is 4.74 Å². The summed E-state index contributed by atoms with van der Waals surface area (Å²) in [5.74, 6) is -2.79. The first-order chi connectivity index (χ1) is 4.63. The zero-order valence-electron chi connectivity index (χ0n) is 5.38. The molecular weight excluding hydrogens is 146 g/mol. The van der Waals surface area contributed by atoms with Crippen LogP contribution < -0.4 is 0 Å². The van der Waals surface area contributed by atoms with Crippen LogP contribution in [0.4, 0.5) is 8.78 Å². The molecule has 0 aromatic carbocycles. The highest BCUT2D eigenvalue weighted by atomic mass is 19.3. The molecule has 0 spiro atoms. The zero-order chi connectivity index (χ0) is 8.15. The normalized spacial score (nSPS) is 13.3. The minimum atomic E-state index is -2.86. The number of aliphatic hydroxyl groups excluding tert-OH is 1. The average molecular weight is 154 g/mol. The highest BCUT2D eigenvalue weighted by Gasteiger charge is 2.27. The molecule has 1 unspecified atom stereocenters.